The fraction of sp³-hybridized carbons (Fsp3) is 0.867. The van der Waals surface area contributed by atoms with E-state index in [0.717, 1.165) is 38.7 Å². The van der Waals surface area contributed by atoms with E-state index in [1.54, 1.807) is 0 Å². The lowest BCUT2D eigenvalue weighted by atomic mass is 9.84. The third-order valence-corrected chi connectivity index (χ3v) is 4.26. The summed E-state index contributed by atoms with van der Waals surface area (Å²) in [6.07, 6.45) is 9.44. The Balaban J connectivity index is 1.77. The Kier molecular flexibility index (Phi) is 5.65. The first-order valence-corrected chi connectivity index (χ1v) is 7.60. The van der Waals surface area contributed by atoms with E-state index >= 15 is 0 Å². The molecule has 1 aliphatic heterocycles. The van der Waals surface area contributed by atoms with Crippen molar-refractivity contribution in [3.63, 3.8) is 0 Å². The van der Waals surface area contributed by atoms with E-state index in [1.807, 2.05) is 0 Å². The molecule has 1 saturated carbocycles. The predicted octanol–water partition coefficient (Wildman–Crippen LogP) is 2.53. The van der Waals surface area contributed by atoms with E-state index in [1.165, 1.54) is 19.3 Å². The van der Waals surface area contributed by atoms with Crippen molar-refractivity contribution in [2.24, 2.45) is 5.92 Å². The first-order chi connectivity index (χ1) is 9.29. The van der Waals surface area contributed by atoms with Crippen LogP contribution in [-0.2, 0) is 9.53 Å². The summed E-state index contributed by atoms with van der Waals surface area (Å²) in [5.74, 6) is 0.319. The molecule has 106 valence electrons. The fourth-order valence-corrected chi connectivity index (χ4v) is 3.13. The van der Waals surface area contributed by atoms with E-state index in [4.69, 9.17) is 4.74 Å². The first-order valence-electron chi connectivity index (χ1n) is 7.60. The summed E-state index contributed by atoms with van der Waals surface area (Å²) < 4.78 is 5.57. The van der Waals surface area contributed by atoms with Crippen molar-refractivity contribution in [3.8, 4) is 6.07 Å². The summed E-state index contributed by atoms with van der Waals surface area (Å²) in [4.78, 5) is 12.0. The van der Waals surface area contributed by atoms with Crippen LogP contribution in [0.2, 0.25) is 0 Å². The van der Waals surface area contributed by atoms with Gasteiger partial charge in [-0.3, -0.25) is 4.79 Å². The van der Waals surface area contributed by atoms with Gasteiger partial charge in [0.2, 0.25) is 5.91 Å². The van der Waals surface area contributed by atoms with E-state index in [2.05, 4.69) is 11.4 Å². The Morgan fingerprint density at radius 3 is 2.58 bits per heavy atom. The average Bonchev–Trinajstić information content (AvgIpc) is 2.47. The van der Waals surface area contributed by atoms with Crippen molar-refractivity contribution in [2.45, 2.75) is 69.9 Å². The standard InChI is InChI=1S/C15H24N2O2/c16-11-14(12-6-2-1-3-7-12)17-15(18)10-13-8-4-5-9-19-13/h12-14H,1-10H2,(H,17,18). The highest BCUT2D eigenvalue weighted by molar-refractivity contribution is 5.77. The van der Waals surface area contributed by atoms with Crippen molar-refractivity contribution in [3.05, 3.63) is 0 Å². The molecule has 19 heavy (non-hydrogen) atoms. The second kappa shape index (κ2) is 7.49. The number of nitrogens with zero attached hydrogens (tertiary/aromatic N) is 1. The molecule has 2 aliphatic rings. The van der Waals surface area contributed by atoms with Crippen LogP contribution in [0.3, 0.4) is 0 Å². The van der Waals surface area contributed by atoms with Crippen molar-refractivity contribution in [1.82, 2.24) is 5.32 Å². The lowest BCUT2D eigenvalue weighted by Gasteiger charge is -2.27. The van der Waals surface area contributed by atoms with Crippen LogP contribution in [0.4, 0.5) is 0 Å². The Hall–Kier alpha value is -1.08. The van der Waals surface area contributed by atoms with Crippen LogP contribution in [0, 0.1) is 17.2 Å². The Morgan fingerprint density at radius 1 is 1.21 bits per heavy atom. The molecular formula is C15H24N2O2. The van der Waals surface area contributed by atoms with Crippen LogP contribution in [0.5, 0.6) is 0 Å². The normalized spacial score (nSPS) is 26.4. The average molecular weight is 264 g/mol. The molecule has 1 aliphatic carbocycles. The molecule has 2 fully saturated rings. The van der Waals surface area contributed by atoms with Gasteiger partial charge in [0.25, 0.3) is 0 Å². The number of carbonyl (C=O) groups excluding carboxylic acids is 1. The number of hydrogen-bond acceptors (Lipinski definition) is 3. The van der Waals surface area contributed by atoms with Crippen LogP contribution in [-0.4, -0.2) is 24.7 Å². The van der Waals surface area contributed by atoms with Crippen LogP contribution in [0.1, 0.15) is 57.8 Å². The van der Waals surface area contributed by atoms with Gasteiger partial charge in [-0.15, -0.1) is 0 Å². The number of amides is 1. The highest BCUT2D eigenvalue weighted by atomic mass is 16.5. The molecule has 2 rings (SSSR count). The topological polar surface area (TPSA) is 62.1 Å². The maximum absolute atomic E-state index is 12.0. The highest BCUT2D eigenvalue weighted by Crippen LogP contribution is 2.26. The number of rotatable bonds is 4. The van der Waals surface area contributed by atoms with Gasteiger partial charge >= 0.3 is 0 Å². The molecule has 1 heterocycles. The van der Waals surface area contributed by atoms with E-state index in [-0.39, 0.29) is 18.1 Å². The molecule has 0 aromatic heterocycles. The SMILES string of the molecule is N#CC(NC(=O)CC1CCCCO1)C1CCCCC1. The number of hydrogen-bond donors (Lipinski definition) is 1. The minimum atomic E-state index is -0.309. The third kappa shape index (κ3) is 4.50. The number of nitrogens with one attached hydrogen (secondary N) is 1. The van der Waals surface area contributed by atoms with E-state index in [0.29, 0.717) is 12.3 Å². The minimum absolute atomic E-state index is 0.0241. The molecular weight excluding hydrogens is 240 g/mol. The molecule has 2 unspecified atom stereocenters. The van der Waals surface area contributed by atoms with Gasteiger partial charge in [0.1, 0.15) is 6.04 Å². The van der Waals surface area contributed by atoms with Gasteiger partial charge in [-0.25, -0.2) is 0 Å². The summed E-state index contributed by atoms with van der Waals surface area (Å²) in [5.41, 5.74) is 0. The van der Waals surface area contributed by atoms with Crippen molar-refractivity contribution < 1.29 is 9.53 Å². The summed E-state index contributed by atoms with van der Waals surface area (Å²) >= 11 is 0. The van der Waals surface area contributed by atoms with Gasteiger partial charge < -0.3 is 10.1 Å². The van der Waals surface area contributed by atoms with Crippen LogP contribution < -0.4 is 5.32 Å². The summed E-state index contributed by atoms with van der Waals surface area (Å²) in [5, 5.41) is 12.1. The summed E-state index contributed by atoms with van der Waals surface area (Å²) in [6, 6.07) is 1.96. The van der Waals surface area contributed by atoms with Crippen LogP contribution in [0.15, 0.2) is 0 Å². The number of nitriles is 1. The largest absolute Gasteiger partial charge is 0.378 e. The highest BCUT2D eigenvalue weighted by Gasteiger charge is 2.26. The van der Waals surface area contributed by atoms with Gasteiger partial charge in [-0.05, 0) is 38.0 Å². The van der Waals surface area contributed by atoms with E-state index in [9.17, 15) is 10.1 Å². The lowest BCUT2D eigenvalue weighted by Crippen LogP contribution is -2.41. The van der Waals surface area contributed by atoms with Crippen molar-refractivity contribution in [2.75, 3.05) is 6.61 Å². The summed E-state index contributed by atoms with van der Waals surface area (Å²) in [7, 11) is 0. The molecule has 2 atom stereocenters. The smallest absolute Gasteiger partial charge is 0.223 e. The lowest BCUT2D eigenvalue weighted by molar-refractivity contribution is -0.125. The maximum atomic E-state index is 12.0. The van der Waals surface area contributed by atoms with E-state index < -0.39 is 0 Å². The molecule has 0 aromatic rings. The number of ether oxygens (including phenoxy) is 1. The quantitative estimate of drug-likeness (QED) is 0.848. The third-order valence-electron chi connectivity index (χ3n) is 4.26. The Labute approximate surface area is 115 Å². The van der Waals surface area contributed by atoms with Crippen LogP contribution in [0.25, 0.3) is 0 Å². The molecule has 4 nitrogen and oxygen atoms in total. The van der Waals surface area contributed by atoms with Gasteiger partial charge in [0.05, 0.1) is 18.6 Å². The molecule has 0 aromatic carbocycles. The molecule has 4 heteroatoms. The fourth-order valence-electron chi connectivity index (χ4n) is 3.13. The zero-order valence-electron chi connectivity index (χ0n) is 11.6. The van der Waals surface area contributed by atoms with Gasteiger partial charge in [0.15, 0.2) is 0 Å². The molecule has 1 saturated heterocycles. The predicted molar refractivity (Wildman–Crippen MR) is 72.3 cm³/mol. The van der Waals surface area contributed by atoms with Crippen molar-refractivity contribution in [1.29, 1.82) is 5.26 Å². The summed E-state index contributed by atoms with van der Waals surface area (Å²) in [6.45, 7) is 0.766. The molecule has 1 amide bonds. The second-order valence-electron chi connectivity index (χ2n) is 5.77. The molecule has 0 bridgehead atoms. The minimum Gasteiger partial charge on any atom is -0.378 e. The molecule has 0 radical (unpaired) electrons. The Bertz CT molecular complexity index is 326. The van der Waals surface area contributed by atoms with Crippen LogP contribution >= 0.6 is 0 Å². The zero-order chi connectivity index (χ0) is 13.5. The van der Waals surface area contributed by atoms with Gasteiger partial charge in [-0.1, -0.05) is 19.3 Å². The zero-order valence-corrected chi connectivity index (χ0v) is 11.6. The van der Waals surface area contributed by atoms with Gasteiger partial charge in [-0.2, -0.15) is 5.26 Å². The second-order valence-corrected chi connectivity index (χ2v) is 5.77. The van der Waals surface area contributed by atoms with Gasteiger partial charge in [0, 0.05) is 6.61 Å². The monoisotopic (exact) mass is 264 g/mol. The molecule has 0 spiro atoms. The molecule has 1 N–H and O–H groups in total. The Morgan fingerprint density at radius 2 is 1.95 bits per heavy atom. The first kappa shape index (κ1) is 14.3. The van der Waals surface area contributed by atoms with Crippen molar-refractivity contribution >= 4 is 5.91 Å². The number of carbonyl (C=O) groups is 1. The maximum Gasteiger partial charge on any atom is 0.223 e.